The number of aromatic nitrogens is 3. The predicted molar refractivity (Wildman–Crippen MR) is 64.6 cm³/mol. The summed E-state index contributed by atoms with van der Waals surface area (Å²) in [6, 6.07) is 0.289. The Morgan fingerprint density at radius 2 is 2.19 bits per heavy atom. The molecule has 0 saturated carbocycles. The van der Waals surface area contributed by atoms with E-state index < -0.39 is 0 Å². The maximum Gasteiger partial charge on any atom is 0.138 e. The lowest BCUT2D eigenvalue weighted by Crippen LogP contribution is -2.37. The van der Waals surface area contributed by atoms with Crippen LogP contribution >= 0.6 is 0 Å². The summed E-state index contributed by atoms with van der Waals surface area (Å²) in [4.78, 5) is 4.26. The number of aryl methyl sites for hydroxylation is 1. The molecule has 0 saturated heterocycles. The van der Waals surface area contributed by atoms with Crippen molar-refractivity contribution < 1.29 is 0 Å². The first-order chi connectivity index (χ1) is 7.67. The van der Waals surface area contributed by atoms with Gasteiger partial charge in [-0.2, -0.15) is 5.10 Å². The first kappa shape index (κ1) is 13.1. The minimum absolute atomic E-state index is 0.289. The van der Waals surface area contributed by atoms with Crippen LogP contribution in [0.2, 0.25) is 0 Å². The lowest BCUT2D eigenvalue weighted by atomic mass is 10.0. The molecule has 5 heteroatoms. The Morgan fingerprint density at radius 3 is 2.75 bits per heavy atom. The van der Waals surface area contributed by atoms with Gasteiger partial charge >= 0.3 is 0 Å². The molecule has 1 atom stereocenters. The third-order valence-electron chi connectivity index (χ3n) is 2.75. The smallest absolute Gasteiger partial charge is 0.138 e. The van der Waals surface area contributed by atoms with Gasteiger partial charge in [0, 0.05) is 19.0 Å². The number of hydrogen-bond donors (Lipinski definition) is 2. The Balaban J connectivity index is 2.49. The molecule has 1 heterocycles. The van der Waals surface area contributed by atoms with Crippen molar-refractivity contribution in [2.75, 3.05) is 0 Å². The van der Waals surface area contributed by atoms with E-state index in [4.69, 9.17) is 5.84 Å². The van der Waals surface area contributed by atoms with Crippen LogP contribution in [0.3, 0.4) is 0 Å². The predicted octanol–water partition coefficient (Wildman–Crippen LogP) is 1.11. The summed E-state index contributed by atoms with van der Waals surface area (Å²) >= 11 is 0. The molecule has 1 rings (SSSR count). The molecule has 0 aliphatic carbocycles. The van der Waals surface area contributed by atoms with Gasteiger partial charge in [-0.1, -0.05) is 13.8 Å². The third kappa shape index (κ3) is 3.90. The molecule has 92 valence electrons. The SMILES string of the molecule is CCn1ncnc1CC(CCC(C)C)NN. The van der Waals surface area contributed by atoms with Crippen molar-refractivity contribution in [2.45, 2.75) is 52.6 Å². The maximum absolute atomic E-state index is 5.56. The van der Waals surface area contributed by atoms with E-state index >= 15 is 0 Å². The fraction of sp³-hybridized carbons (Fsp3) is 0.818. The monoisotopic (exact) mass is 225 g/mol. The van der Waals surface area contributed by atoms with Crippen LogP contribution < -0.4 is 11.3 Å². The molecule has 0 spiro atoms. The zero-order valence-corrected chi connectivity index (χ0v) is 10.5. The van der Waals surface area contributed by atoms with Crippen LogP contribution in [0.1, 0.15) is 39.4 Å². The summed E-state index contributed by atoms with van der Waals surface area (Å²) in [5.74, 6) is 7.28. The van der Waals surface area contributed by atoms with Gasteiger partial charge in [0.1, 0.15) is 12.2 Å². The molecule has 1 aromatic rings. The first-order valence-corrected chi connectivity index (χ1v) is 6.00. The van der Waals surface area contributed by atoms with E-state index in [0.717, 1.165) is 25.2 Å². The zero-order chi connectivity index (χ0) is 12.0. The van der Waals surface area contributed by atoms with Gasteiger partial charge in [0.25, 0.3) is 0 Å². The summed E-state index contributed by atoms with van der Waals surface area (Å²) in [6.45, 7) is 7.37. The van der Waals surface area contributed by atoms with Crippen LogP contribution in [-0.2, 0) is 13.0 Å². The van der Waals surface area contributed by atoms with Gasteiger partial charge in [0.2, 0.25) is 0 Å². The molecular weight excluding hydrogens is 202 g/mol. The van der Waals surface area contributed by atoms with E-state index in [2.05, 4.69) is 36.3 Å². The fourth-order valence-electron chi connectivity index (χ4n) is 1.71. The van der Waals surface area contributed by atoms with Gasteiger partial charge in [-0.15, -0.1) is 0 Å². The summed E-state index contributed by atoms with van der Waals surface area (Å²) in [6.07, 6.45) is 4.70. The number of nitrogens with one attached hydrogen (secondary N) is 1. The van der Waals surface area contributed by atoms with E-state index in [0.29, 0.717) is 5.92 Å². The van der Waals surface area contributed by atoms with Crippen molar-refractivity contribution in [3.05, 3.63) is 12.2 Å². The highest BCUT2D eigenvalue weighted by atomic mass is 15.3. The van der Waals surface area contributed by atoms with Crippen molar-refractivity contribution in [1.29, 1.82) is 0 Å². The van der Waals surface area contributed by atoms with E-state index in [1.54, 1.807) is 6.33 Å². The van der Waals surface area contributed by atoms with Gasteiger partial charge in [-0.05, 0) is 25.7 Å². The molecule has 1 aromatic heterocycles. The van der Waals surface area contributed by atoms with Crippen LogP contribution in [0.15, 0.2) is 6.33 Å². The van der Waals surface area contributed by atoms with Crippen molar-refractivity contribution >= 4 is 0 Å². The summed E-state index contributed by atoms with van der Waals surface area (Å²) in [5.41, 5.74) is 2.87. The Kier molecular flexibility index (Phi) is 5.42. The quantitative estimate of drug-likeness (QED) is 0.539. The van der Waals surface area contributed by atoms with E-state index in [1.165, 1.54) is 6.42 Å². The Bertz CT molecular complexity index is 294. The average Bonchev–Trinajstić information content (AvgIpc) is 2.70. The van der Waals surface area contributed by atoms with Crippen LogP contribution in [0.5, 0.6) is 0 Å². The number of nitrogens with two attached hydrogens (primary N) is 1. The van der Waals surface area contributed by atoms with Gasteiger partial charge < -0.3 is 0 Å². The molecule has 0 aliphatic heterocycles. The average molecular weight is 225 g/mol. The lowest BCUT2D eigenvalue weighted by Gasteiger charge is -2.16. The maximum atomic E-state index is 5.56. The van der Waals surface area contributed by atoms with Gasteiger partial charge in [-0.3, -0.25) is 16.0 Å². The molecule has 0 amide bonds. The standard InChI is InChI=1S/C11H23N5/c1-4-16-11(13-8-14-16)7-10(15-12)6-5-9(2)3/h8-10,15H,4-7,12H2,1-3H3. The number of rotatable bonds is 7. The number of hydrazine groups is 1. The second kappa shape index (κ2) is 6.60. The Morgan fingerprint density at radius 1 is 1.44 bits per heavy atom. The fourth-order valence-corrected chi connectivity index (χ4v) is 1.71. The molecular formula is C11H23N5. The topological polar surface area (TPSA) is 68.8 Å². The minimum atomic E-state index is 0.289. The van der Waals surface area contributed by atoms with Crippen LogP contribution in [0, 0.1) is 5.92 Å². The highest BCUT2D eigenvalue weighted by molar-refractivity contribution is 4.89. The van der Waals surface area contributed by atoms with Gasteiger partial charge in [-0.25, -0.2) is 4.98 Å². The molecule has 0 aliphatic rings. The molecule has 0 fully saturated rings. The molecule has 0 bridgehead atoms. The highest BCUT2D eigenvalue weighted by Crippen LogP contribution is 2.09. The van der Waals surface area contributed by atoms with E-state index in [1.807, 2.05) is 4.68 Å². The highest BCUT2D eigenvalue weighted by Gasteiger charge is 2.12. The largest absolute Gasteiger partial charge is 0.271 e. The molecule has 5 nitrogen and oxygen atoms in total. The first-order valence-electron chi connectivity index (χ1n) is 6.00. The summed E-state index contributed by atoms with van der Waals surface area (Å²) in [5, 5.41) is 4.15. The van der Waals surface area contributed by atoms with Crippen LogP contribution in [0.25, 0.3) is 0 Å². The summed E-state index contributed by atoms with van der Waals surface area (Å²) < 4.78 is 1.92. The second-order valence-corrected chi connectivity index (χ2v) is 4.53. The molecule has 0 radical (unpaired) electrons. The molecule has 0 aromatic carbocycles. The number of hydrogen-bond acceptors (Lipinski definition) is 4. The van der Waals surface area contributed by atoms with Crippen LogP contribution in [0.4, 0.5) is 0 Å². The van der Waals surface area contributed by atoms with E-state index in [9.17, 15) is 0 Å². The van der Waals surface area contributed by atoms with Crippen molar-refractivity contribution in [3.8, 4) is 0 Å². The van der Waals surface area contributed by atoms with Crippen molar-refractivity contribution in [2.24, 2.45) is 11.8 Å². The number of nitrogens with zero attached hydrogens (tertiary/aromatic N) is 3. The molecule has 16 heavy (non-hydrogen) atoms. The van der Waals surface area contributed by atoms with Crippen molar-refractivity contribution in [3.63, 3.8) is 0 Å². The normalized spacial score (nSPS) is 13.3. The second-order valence-electron chi connectivity index (χ2n) is 4.53. The molecule has 1 unspecified atom stereocenters. The third-order valence-corrected chi connectivity index (χ3v) is 2.75. The van der Waals surface area contributed by atoms with Gasteiger partial charge in [0.15, 0.2) is 0 Å². The van der Waals surface area contributed by atoms with Crippen molar-refractivity contribution in [1.82, 2.24) is 20.2 Å². The van der Waals surface area contributed by atoms with Gasteiger partial charge in [0.05, 0.1) is 0 Å². The summed E-state index contributed by atoms with van der Waals surface area (Å²) in [7, 11) is 0. The lowest BCUT2D eigenvalue weighted by molar-refractivity contribution is 0.421. The molecule has 3 N–H and O–H groups in total. The Hall–Kier alpha value is -0.940. The zero-order valence-electron chi connectivity index (χ0n) is 10.5. The van der Waals surface area contributed by atoms with Crippen LogP contribution in [-0.4, -0.2) is 20.8 Å². The Labute approximate surface area is 97.4 Å². The van der Waals surface area contributed by atoms with E-state index in [-0.39, 0.29) is 6.04 Å². The minimum Gasteiger partial charge on any atom is -0.271 e.